The van der Waals surface area contributed by atoms with Gasteiger partial charge in [0.1, 0.15) is 5.60 Å². The molecule has 0 N–H and O–H groups in total. The Bertz CT molecular complexity index is 373. The van der Waals surface area contributed by atoms with E-state index >= 15 is 0 Å². The van der Waals surface area contributed by atoms with E-state index in [0.29, 0.717) is 5.41 Å². The van der Waals surface area contributed by atoms with Crippen LogP contribution in [0.5, 0.6) is 0 Å². The minimum atomic E-state index is -0.386. The summed E-state index contributed by atoms with van der Waals surface area (Å²) >= 11 is 0. The van der Waals surface area contributed by atoms with Crippen molar-refractivity contribution in [2.24, 2.45) is 5.41 Å². The summed E-state index contributed by atoms with van der Waals surface area (Å²) in [6, 6.07) is 0.856. The Labute approximate surface area is 116 Å². The van der Waals surface area contributed by atoms with E-state index in [-0.39, 0.29) is 11.7 Å². The fourth-order valence-electron chi connectivity index (χ4n) is 3.47. The van der Waals surface area contributed by atoms with Gasteiger partial charge in [-0.1, -0.05) is 0 Å². The minimum Gasteiger partial charge on any atom is -0.444 e. The second kappa shape index (κ2) is 4.37. The van der Waals surface area contributed by atoms with Gasteiger partial charge in [-0.3, -0.25) is 4.90 Å². The highest BCUT2D eigenvalue weighted by atomic mass is 16.6. The molecule has 1 amide bonds. The lowest BCUT2D eigenvalue weighted by atomic mass is 9.86. The van der Waals surface area contributed by atoms with Crippen LogP contribution < -0.4 is 0 Å². The lowest BCUT2D eigenvalue weighted by Crippen LogP contribution is -2.37. The SMILES string of the molecule is CC(C)(C)OC(=O)N1CCC2(CCN(C3CC3)C2)C1. The van der Waals surface area contributed by atoms with Gasteiger partial charge in [0.2, 0.25) is 0 Å². The molecule has 0 aromatic carbocycles. The van der Waals surface area contributed by atoms with Crippen LogP contribution >= 0.6 is 0 Å². The average Bonchev–Trinajstić information content (AvgIpc) is 2.94. The Hall–Kier alpha value is -0.770. The van der Waals surface area contributed by atoms with Crippen LogP contribution in [-0.4, -0.2) is 53.7 Å². The Kier molecular flexibility index (Phi) is 3.04. The van der Waals surface area contributed by atoms with E-state index < -0.39 is 0 Å². The third kappa shape index (κ3) is 2.88. The second-order valence-electron chi connectivity index (χ2n) is 7.60. The molecule has 0 aromatic rings. The largest absolute Gasteiger partial charge is 0.444 e. The van der Waals surface area contributed by atoms with Crippen LogP contribution in [0.15, 0.2) is 0 Å². The molecule has 2 heterocycles. The summed E-state index contributed by atoms with van der Waals surface area (Å²) in [6.07, 6.45) is 5.03. The zero-order chi connectivity index (χ0) is 13.7. The first-order valence-electron chi connectivity index (χ1n) is 7.59. The fourth-order valence-corrected chi connectivity index (χ4v) is 3.47. The Morgan fingerprint density at radius 1 is 1.16 bits per heavy atom. The topological polar surface area (TPSA) is 32.8 Å². The van der Waals surface area contributed by atoms with Crippen LogP contribution in [0.25, 0.3) is 0 Å². The first-order chi connectivity index (χ1) is 8.87. The predicted octanol–water partition coefficient (Wildman–Crippen LogP) is 2.48. The number of amides is 1. The molecule has 1 spiro atoms. The molecule has 108 valence electrons. The maximum Gasteiger partial charge on any atom is 0.410 e. The van der Waals surface area contributed by atoms with Gasteiger partial charge >= 0.3 is 6.09 Å². The molecule has 3 aliphatic rings. The Morgan fingerprint density at radius 2 is 1.84 bits per heavy atom. The summed E-state index contributed by atoms with van der Waals surface area (Å²) in [5.41, 5.74) is -0.0257. The predicted molar refractivity (Wildman–Crippen MR) is 74.1 cm³/mol. The Balaban J connectivity index is 1.56. The van der Waals surface area contributed by atoms with Gasteiger partial charge in [0.15, 0.2) is 0 Å². The number of hydrogen-bond donors (Lipinski definition) is 0. The quantitative estimate of drug-likeness (QED) is 0.731. The van der Waals surface area contributed by atoms with Gasteiger partial charge < -0.3 is 9.64 Å². The monoisotopic (exact) mass is 266 g/mol. The van der Waals surface area contributed by atoms with Crippen LogP contribution in [0.1, 0.15) is 46.5 Å². The zero-order valence-corrected chi connectivity index (χ0v) is 12.4. The summed E-state index contributed by atoms with van der Waals surface area (Å²) in [7, 11) is 0. The van der Waals surface area contributed by atoms with Gasteiger partial charge in [0, 0.05) is 31.1 Å². The van der Waals surface area contributed by atoms with E-state index in [4.69, 9.17) is 4.74 Å². The van der Waals surface area contributed by atoms with E-state index in [1.54, 1.807) is 0 Å². The number of nitrogens with zero attached hydrogens (tertiary/aromatic N) is 2. The smallest absolute Gasteiger partial charge is 0.410 e. The minimum absolute atomic E-state index is 0.130. The number of hydrogen-bond acceptors (Lipinski definition) is 3. The van der Waals surface area contributed by atoms with E-state index in [1.807, 2.05) is 25.7 Å². The van der Waals surface area contributed by atoms with Crippen molar-refractivity contribution in [3.8, 4) is 0 Å². The molecular weight excluding hydrogens is 240 g/mol. The second-order valence-corrected chi connectivity index (χ2v) is 7.60. The molecule has 19 heavy (non-hydrogen) atoms. The molecular formula is C15H26N2O2. The van der Waals surface area contributed by atoms with E-state index in [9.17, 15) is 4.79 Å². The molecule has 1 unspecified atom stereocenters. The van der Waals surface area contributed by atoms with E-state index in [0.717, 1.165) is 25.6 Å². The normalized spacial score (nSPS) is 32.3. The molecule has 2 saturated heterocycles. The molecule has 4 nitrogen and oxygen atoms in total. The van der Waals surface area contributed by atoms with Crippen molar-refractivity contribution in [2.75, 3.05) is 26.2 Å². The maximum absolute atomic E-state index is 12.1. The number of carbonyl (C=O) groups is 1. The average molecular weight is 266 g/mol. The number of carbonyl (C=O) groups excluding carboxylic acids is 1. The molecule has 0 bridgehead atoms. The van der Waals surface area contributed by atoms with Crippen molar-refractivity contribution in [1.82, 2.24) is 9.80 Å². The maximum atomic E-state index is 12.1. The number of likely N-dealkylation sites (tertiary alicyclic amines) is 2. The van der Waals surface area contributed by atoms with E-state index in [1.165, 1.54) is 32.4 Å². The summed E-state index contributed by atoms with van der Waals surface area (Å²) in [5.74, 6) is 0. The van der Waals surface area contributed by atoms with Crippen LogP contribution in [0.3, 0.4) is 0 Å². The third-order valence-electron chi connectivity index (χ3n) is 4.62. The number of ether oxygens (including phenoxy) is 1. The van der Waals surface area contributed by atoms with Gasteiger partial charge in [-0.2, -0.15) is 0 Å². The Morgan fingerprint density at radius 3 is 2.47 bits per heavy atom. The highest BCUT2D eigenvalue weighted by Gasteiger charge is 2.48. The summed E-state index contributed by atoms with van der Waals surface area (Å²) in [4.78, 5) is 16.7. The summed E-state index contributed by atoms with van der Waals surface area (Å²) in [6.45, 7) is 9.98. The third-order valence-corrected chi connectivity index (χ3v) is 4.62. The van der Waals surface area contributed by atoms with Crippen molar-refractivity contribution in [2.45, 2.75) is 58.1 Å². The van der Waals surface area contributed by atoms with Crippen molar-refractivity contribution in [3.05, 3.63) is 0 Å². The lowest BCUT2D eigenvalue weighted by Gasteiger charge is -2.27. The van der Waals surface area contributed by atoms with Crippen LogP contribution in [-0.2, 0) is 4.74 Å². The number of rotatable bonds is 1. The van der Waals surface area contributed by atoms with Crippen LogP contribution in [0.2, 0.25) is 0 Å². The first-order valence-corrected chi connectivity index (χ1v) is 7.59. The first kappa shape index (κ1) is 13.2. The van der Waals surface area contributed by atoms with Crippen molar-refractivity contribution < 1.29 is 9.53 Å². The van der Waals surface area contributed by atoms with Crippen LogP contribution in [0.4, 0.5) is 4.79 Å². The molecule has 0 aromatic heterocycles. The highest BCUT2D eigenvalue weighted by Crippen LogP contribution is 2.43. The van der Waals surface area contributed by atoms with Gasteiger partial charge in [0.25, 0.3) is 0 Å². The summed E-state index contributed by atoms with van der Waals surface area (Å²) in [5, 5.41) is 0. The molecule has 1 atom stereocenters. The summed E-state index contributed by atoms with van der Waals surface area (Å²) < 4.78 is 5.48. The van der Waals surface area contributed by atoms with Gasteiger partial charge in [-0.15, -0.1) is 0 Å². The molecule has 3 rings (SSSR count). The molecule has 1 saturated carbocycles. The zero-order valence-electron chi connectivity index (χ0n) is 12.4. The molecule has 2 aliphatic heterocycles. The lowest BCUT2D eigenvalue weighted by molar-refractivity contribution is 0.0274. The highest BCUT2D eigenvalue weighted by molar-refractivity contribution is 5.68. The molecule has 3 fully saturated rings. The fraction of sp³-hybridized carbons (Fsp3) is 0.933. The molecule has 0 radical (unpaired) electrons. The molecule has 1 aliphatic carbocycles. The standard InChI is InChI=1S/C15H26N2O2/c1-14(2,3)19-13(18)17-9-7-15(11-17)6-8-16(10-15)12-4-5-12/h12H,4-11H2,1-3H3. The van der Waals surface area contributed by atoms with Crippen molar-refractivity contribution >= 4 is 6.09 Å². The molecule has 4 heteroatoms. The van der Waals surface area contributed by atoms with Gasteiger partial charge in [0.05, 0.1) is 0 Å². The van der Waals surface area contributed by atoms with Crippen molar-refractivity contribution in [1.29, 1.82) is 0 Å². The van der Waals surface area contributed by atoms with E-state index in [2.05, 4.69) is 4.90 Å². The van der Waals surface area contributed by atoms with Gasteiger partial charge in [-0.25, -0.2) is 4.79 Å². The van der Waals surface area contributed by atoms with Gasteiger partial charge in [-0.05, 0) is 53.0 Å². The van der Waals surface area contributed by atoms with Crippen molar-refractivity contribution in [3.63, 3.8) is 0 Å². The van der Waals surface area contributed by atoms with Crippen LogP contribution in [0, 0.1) is 5.41 Å².